The summed E-state index contributed by atoms with van der Waals surface area (Å²) in [6.07, 6.45) is 1.74. The van der Waals surface area contributed by atoms with Crippen molar-refractivity contribution in [2.45, 2.75) is 13.1 Å². The third kappa shape index (κ3) is 6.05. The van der Waals surface area contributed by atoms with Crippen molar-refractivity contribution in [3.05, 3.63) is 59.8 Å². The van der Waals surface area contributed by atoms with Crippen molar-refractivity contribution in [1.29, 1.82) is 0 Å². The summed E-state index contributed by atoms with van der Waals surface area (Å²) in [6.45, 7) is 1.48. The van der Waals surface area contributed by atoms with Crippen LogP contribution in [0.3, 0.4) is 0 Å². The number of rotatable bonds is 5. The number of methoxy groups -OCH3 is 1. The molecular formula is C17H23IN4O. The Bertz CT molecular complexity index is 619. The largest absolute Gasteiger partial charge is 0.481 e. The highest BCUT2D eigenvalue weighted by molar-refractivity contribution is 14.0. The van der Waals surface area contributed by atoms with Crippen LogP contribution in [-0.2, 0) is 13.1 Å². The Kier molecular flexibility index (Phi) is 8.39. The van der Waals surface area contributed by atoms with E-state index >= 15 is 0 Å². The quantitative estimate of drug-likeness (QED) is 0.454. The zero-order valence-electron chi connectivity index (χ0n) is 13.7. The van der Waals surface area contributed by atoms with Gasteiger partial charge in [0.05, 0.1) is 7.11 Å². The molecule has 0 amide bonds. The number of hydrogen-bond acceptors (Lipinski definition) is 3. The van der Waals surface area contributed by atoms with E-state index in [1.807, 2.05) is 37.4 Å². The summed E-state index contributed by atoms with van der Waals surface area (Å²) in [5.41, 5.74) is 2.35. The van der Waals surface area contributed by atoms with Gasteiger partial charge in [0.2, 0.25) is 5.88 Å². The number of ether oxygens (including phenoxy) is 1. The van der Waals surface area contributed by atoms with E-state index in [1.165, 1.54) is 5.56 Å². The molecule has 0 aliphatic carbocycles. The molecule has 1 aromatic carbocycles. The summed E-state index contributed by atoms with van der Waals surface area (Å²) in [5, 5.41) is 3.35. The minimum Gasteiger partial charge on any atom is -0.481 e. The number of benzene rings is 1. The molecular weight excluding hydrogens is 403 g/mol. The van der Waals surface area contributed by atoms with Crippen LogP contribution in [-0.4, -0.2) is 37.0 Å². The van der Waals surface area contributed by atoms with Crippen LogP contribution in [0.1, 0.15) is 11.1 Å². The average molecular weight is 426 g/mol. The van der Waals surface area contributed by atoms with Gasteiger partial charge < -0.3 is 15.0 Å². The van der Waals surface area contributed by atoms with Crippen molar-refractivity contribution < 1.29 is 4.74 Å². The summed E-state index contributed by atoms with van der Waals surface area (Å²) < 4.78 is 5.13. The Labute approximate surface area is 154 Å². The zero-order chi connectivity index (χ0) is 15.8. The summed E-state index contributed by atoms with van der Waals surface area (Å²) in [5.74, 6) is 1.46. The fourth-order valence-corrected chi connectivity index (χ4v) is 2.17. The average Bonchev–Trinajstić information content (AvgIpc) is 2.56. The van der Waals surface area contributed by atoms with Gasteiger partial charge in [0.25, 0.3) is 0 Å². The summed E-state index contributed by atoms with van der Waals surface area (Å²) in [7, 11) is 5.43. The Morgan fingerprint density at radius 3 is 2.61 bits per heavy atom. The van der Waals surface area contributed by atoms with Crippen molar-refractivity contribution >= 4 is 29.9 Å². The van der Waals surface area contributed by atoms with Gasteiger partial charge in [-0.1, -0.05) is 30.3 Å². The van der Waals surface area contributed by atoms with Crippen LogP contribution in [0.15, 0.2) is 53.7 Å². The number of guanidine groups is 1. The maximum absolute atomic E-state index is 5.13. The Morgan fingerprint density at radius 1 is 1.22 bits per heavy atom. The first-order valence-corrected chi connectivity index (χ1v) is 7.17. The van der Waals surface area contributed by atoms with E-state index in [9.17, 15) is 0 Å². The summed E-state index contributed by atoms with van der Waals surface area (Å²) in [4.78, 5) is 10.5. The fraction of sp³-hybridized carbons (Fsp3) is 0.294. The van der Waals surface area contributed by atoms with Crippen LogP contribution >= 0.6 is 24.0 Å². The Balaban J connectivity index is 0.00000264. The standard InChI is InChI=1S/C17H22N4O.HI/c1-18-17(21(2)13-14-7-5-4-6-8-14)20-12-15-9-10-19-16(11-15)22-3;/h4-11H,12-13H2,1-3H3,(H,18,20);1H. The van der Waals surface area contributed by atoms with Crippen LogP contribution < -0.4 is 10.1 Å². The molecule has 5 nitrogen and oxygen atoms in total. The van der Waals surface area contributed by atoms with Crippen LogP contribution in [0.5, 0.6) is 5.88 Å². The highest BCUT2D eigenvalue weighted by Crippen LogP contribution is 2.08. The second-order valence-electron chi connectivity index (χ2n) is 4.95. The molecule has 0 saturated heterocycles. The van der Waals surface area contributed by atoms with Gasteiger partial charge in [-0.25, -0.2) is 4.98 Å². The molecule has 6 heteroatoms. The lowest BCUT2D eigenvalue weighted by molar-refractivity contribution is 0.397. The molecule has 0 unspecified atom stereocenters. The molecule has 0 radical (unpaired) electrons. The predicted octanol–water partition coefficient (Wildman–Crippen LogP) is 2.92. The molecule has 0 saturated carbocycles. The zero-order valence-corrected chi connectivity index (χ0v) is 16.0. The minimum atomic E-state index is 0. The van der Waals surface area contributed by atoms with Crippen LogP contribution in [0.4, 0.5) is 0 Å². The molecule has 0 aliphatic heterocycles. The van der Waals surface area contributed by atoms with Gasteiger partial charge in [0.15, 0.2) is 5.96 Å². The van der Waals surface area contributed by atoms with E-state index in [-0.39, 0.29) is 24.0 Å². The predicted molar refractivity (Wildman–Crippen MR) is 104 cm³/mol. The molecule has 0 spiro atoms. The smallest absolute Gasteiger partial charge is 0.213 e. The van der Waals surface area contributed by atoms with E-state index < -0.39 is 0 Å². The fourth-order valence-electron chi connectivity index (χ4n) is 2.17. The van der Waals surface area contributed by atoms with Crippen molar-refractivity contribution in [2.24, 2.45) is 4.99 Å². The van der Waals surface area contributed by atoms with Gasteiger partial charge in [-0.15, -0.1) is 24.0 Å². The van der Waals surface area contributed by atoms with E-state index in [1.54, 1.807) is 20.4 Å². The Morgan fingerprint density at radius 2 is 1.96 bits per heavy atom. The molecule has 1 heterocycles. The number of aromatic nitrogens is 1. The normalized spacial score (nSPS) is 10.7. The number of nitrogens with zero attached hydrogens (tertiary/aromatic N) is 3. The van der Waals surface area contributed by atoms with Crippen LogP contribution in [0.2, 0.25) is 0 Å². The van der Waals surface area contributed by atoms with E-state index in [4.69, 9.17) is 4.74 Å². The molecule has 2 aromatic rings. The van der Waals surface area contributed by atoms with Gasteiger partial charge >= 0.3 is 0 Å². The lowest BCUT2D eigenvalue weighted by Crippen LogP contribution is -2.38. The number of nitrogens with one attached hydrogen (secondary N) is 1. The molecule has 0 bridgehead atoms. The molecule has 0 aliphatic rings. The lowest BCUT2D eigenvalue weighted by Gasteiger charge is -2.22. The third-order valence-electron chi connectivity index (χ3n) is 3.29. The molecule has 1 aromatic heterocycles. The van der Waals surface area contributed by atoms with Crippen LogP contribution in [0.25, 0.3) is 0 Å². The number of hydrogen-bond donors (Lipinski definition) is 1. The van der Waals surface area contributed by atoms with Gasteiger partial charge in [-0.3, -0.25) is 4.99 Å². The maximum Gasteiger partial charge on any atom is 0.213 e. The topological polar surface area (TPSA) is 49.8 Å². The van der Waals surface area contributed by atoms with E-state index in [0.29, 0.717) is 12.4 Å². The first-order chi connectivity index (χ1) is 10.7. The van der Waals surface area contributed by atoms with Crippen LogP contribution in [0, 0.1) is 0 Å². The van der Waals surface area contributed by atoms with Gasteiger partial charge in [-0.2, -0.15) is 0 Å². The third-order valence-corrected chi connectivity index (χ3v) is 3.29. The number of pyridine rings is 1. The summed E-state index contributed by atoms with van der Waals surface area (Å²) in [6, 6.07) is 14.2. The lowest BCUT2D eigenvalue weighted by atomic mass is 10.2. The molecule has 1 N–H and O–H groups in total. The van der Waals surface area contributed by atoms with E-state index in [2.05, 4.69) is 32.3 Å². The Hall–Kier alpha value is -1.83. The van der Waals surface area contributed by atoms with Gasteiger partial charge in [0.1, 0.15) is 0 Å². The summed E-state index contributed by atoms with van der Waals surface area (Å²) >= 11 is 0. The monoisotopic (exact) mass is 426 g/mol. The number of halogens is 1. The van der Waals surface area contributed by atoms with Crippen molar-refractivity contribution in [2.75, 3.05) is 21.2 Å². The van der Waals surface area contributed by atoms with Gasteiger partial charge in [-0.05, 0) is 17.2 Å². The number of aliphatic imine (C=N–C) groups is 1. The second kappa shape index (κ2) is 10.0. The molecule has 23 heavy (non-hydrogen) atoms. The SMILES string of the molecule is CN=C(NCc1ccnc(OC)c1)N(C)Cc1ccccc1.I. The molecule has 124 valence electrons. The molecule has 0 atom stereocenters. The minimum absolute atomic E-state index is 0. The highest BCUT2D eigenvalue weighted by Gasteiger charge is 2.06. The van der Waals surface area contributed by atoms with Crippen molar-refractivity contribution in [3.8, 4) is 5.88 Å². The first kappa shape index (κ1) is 19.2. The van der Waals surface area contributed by atoms with E-state index in [0.717, 1.165) is 18.1 Å². The molecule has 2 rings (SSSR count). The molecule has 0 fully saturated rings. The van der Waals surface area contributed by atoms with Crippen molar-refractivity contribution in [1.82, 2.24) is 15.2 Å². The van der Waals surface area contributed by atoms with Gasteiger partial charge in [0, 0.05) is 39.4 Å². The van der Waals surface area contributed by atoms with Crippen molar-refractivity contribution in [3.63, 3.8) is 0 Å². The second-order valence-corrected chi connectivity index (χ2v) is 4.95. The highest BCUT2D eigenvalue weighted by atomic mass is 127. The maximum atomic E-state index is 5.13. The first-order valence-electron chi connectivity index (χ1n) is 7.17.